The van der Waals surface area contributed by atoms with Crippen molar-refractivity contribution in [3.05, 3.63) is 40.3 Å². The number of nitrogens with zero attached hydrogens (tertiary/aromatic N) is 4. The van der Waals surface area contributed by atoms with E-state index in [0.717, 1.165) is 12.8 Å². The van der Waals surface area contributed by atoms with Gasteiger partial charge in [-0.25, -0.2) is 9.78 Å². The molecule has 2 aromatic heterocycles. The number of amides is 1. The Morgan fingerprint density at radius 1 is 1.43 bits per heavy atom. The second-order valence-corrected chi connectivity index (χ2v) is 5.35. The van der Waals surface area contributed by atoms with Gasteiger partial charge in [-0.05, 0) is 32.8 Å². The number of aromatic nitrogens is 4. The van der Waals surface area contributed by atoms with Crippen molar-refractivity contribution in [1.82, 2.24) is 19.1 Å². The predicted octanol–water partition coefficient (Wildman–Crippen LogP) is 1.03. The Hall–Kier alpha value is -2.44. The van der Waals surface area contributed by atoms with Crippen LogP contribution in [0.15, 0.2) is 23.3 Å². The quantitative estimate of drug-likeness (QED) is 0.910. The molecule has 0 saturated heterocycles. The molecule has 1 amide bonds. The van der Waals surface area contributed by atoms with Crippen molar-refractivity contribution >= 4 is 11.9 Å². The van der Waals surface area contributed by atoms with E-state index in [1.807, 2.05) is 10.8 Å². The molecule has 0 spiro atoms. The highest BCUT2D eigenvalue weighted by atomic mass is 16.2. The Morgan fingerprint density at radius 2 is 2.19 bits per heavy atom. The highest BCUT2D eigenvalue weighted by molar-refractivity contribution is 5.88. The number of hydrogen-bond acceptors (Lipinski definition) is 4. The van der Waals surface area contributed by atoms with Crippen LogP contribution in [0.4, 0.5) is 5.95 Å². The van der Waals surface area contributed by atoms with E-state index >= 15 is 0 Å². The van der Waals surface area contributed by atoms with Crippen molar-refractivity contribution in [1.29, 1.82) is 0 Å². The Morgan fingerprint density at radius 3 is 2.86 bits per heavy atom. The van der Waals surface area contributed by atoms with Crippen LogP contribution in [-0.2, 0) is 11.3 Å². The van der Waals surface area contributed by atoms with Crippen LogP contribution in [0.3, 0.4) is 0 Å². The smallest absolute Gasteiger partial charge is 0.314 e. The minimum Gasteiger partial charge on any atom is -0.314 e. The lowest BCUT2D eigenvalue weighted by atomic mass is 10.3. The van der Waals surface area contributed by atoms with Gasteiger partial charge in [-0.2, -0.15) is 4.98 Å². The zero-order valence-corrected chi connectivity index (χ0v) is 12.0. The van der Waals surface area contributed by atoms with Crippen molar-refractivity contribution in [2.45, 2.75) is 39.3 Å². The molecular formula is C14H17N5O2. The van der Waals surface area contributed by atoms with Gasteiger partial charge in [-0.1, -0.05) is 0 Å². The van der Waals surface area contributed by atoms with Crippen molar-refractivity contribution in [3.8, 4) is 0 Å². The van der Waals surface area contributed by atoms with E-state index < -0.39 is 5.69 Å². The maximum Gasteiger partial charge on any atom is 0.348 e. The van der Waals surface area contributed by atoms with Crippen molar-refractivity contribution < 1.29 is 4.79 Å². The number of imidazole rings is 1. The summed E-state index contributed by atoms with van der Waals surface area (Å²) in [6.45, 7) is 3.48. The second kappa shape index (κ2) is 5.16. The summed E-state index contributed by atoms with van der Waals surface area (Å²) < 4.78 is 3.31. The van der Waals surface area contributed by atoms with Gasteiger partial charge in [0.25, 0.3) is 0 Å². The van der Waals surface area contributed by atoms with E-state index in [-0.39, 0.29) is 12.5 Å². The average molecular weight is 287 g/mol. The lowest BCUT2D eigenvalue weighted by molar-refractivity contribution is -0.116. The van der Waals surface area contributed by atoms with Gasteiger partial charge in [0.15, 0.2) is 0 Å². The van der Waals surface area contributed by atoms with E-state index in [1.54, 1.807) is 26.1 Å². The van der Waals surface area contributed by atoms with Crippen LogP contribution in [0.2, 0.25) is 0 Å². The Bertz CT molecular complexity index is 742. The molecule has 0 aromatic carbocycles. The number of rotatable bonds is 4. The summed E-state index contributed by atoms with van der Waals surface area (Å²) in [5, 5.41) is 2.75. The van der Waals surface area contributed by atoms with Crippen LogP contribution in [0.25, 0.3) is 0 Å². The van der Waals surface area contributed by atoms with Gasteiger partial charge >= 0.3 is 5.69 Å². The van der Waals surface area contributed by atoms with Gasteiger partial charge < -0.3 is 4.57 Å². The molecule has 0 radical (unpaired) electrons. The van der Waals surface area contributed by atoms with E-state index in [1.165, 1.54) is 4.57 Å². The topological polar surface area (TPSA) is 81.8 Å². The summed E-state index contributed by atoms with van der Waals surface area (Å²) >= 11 is 0. The normalized spacial score (nSPS) is 14.2. The molecule has 0 unspecified atom stereocenters. The fourth-order valence-electron chi connectivity index (χ4n) is 2.33. The molecule has 1 N–H and O–H groups in total. The number of carbonyl (C=O) groups excluding carboxylic acids is 1. The maximum atomic E-state index is 12.1. The molecule has 7 heteroatoms. The Labute approximate surface area is 121 Å². The van der Waals surface area contributed by atoms with Crippen LogP contribution in [-0.4, -0.2) is 25.0 Å². The zero-order chi connectivity index (χ0) is 15.0. The first-order valence-electron chi connectivity index (χ1n) is 6.92. The average Bonchev–Trinajstić information content (AvgIpc) is 3.15. The lowest BCUT2D eigenvalue weighted by Gasteiger charge is -2.11. The summed E-state index contributed by atoms with van der Waals surface area (Å²) in [6.07, 6.45) is 5.75. The SMILES string of the molecule is Cc1cc(C)n(CC(=O)Nc2nccn2C2CC2)c(=O)n1. The zero-order valence-electron chi connectivity index (χ0n) is 12.0. The molecule has 1 fully saturated rings. The summed E-state index contributed by atoms with van der Waals surface area (Å²) in [6, 6.07) is 2.22. The molecular weight excluding hydrogens is 270 g/mol. The fraction of sp³-hybridized carbons (Fsp3) is 0.429. The molecule has 3 rings (SSSR count). The van der Waals surface area contributed by atoms with Gasteiger partial charge in [0.2, 0.25) is 11.9 Å². The third-order valence-electron chi connectivity index (χ3n) is 3.51. The molecule has 0 aliphatic heterocycles. The standard InChI is InChI=1S/C14H17N5O2/c1-9-7-10(2)19(14(21)16-9)8-12(20)17-13-15-5-6-18(13)11-3-4-11/h5-7,11H,3-4,8H2,1-2H3,(H,15,17,20). The van der Waals surface area contributed by atoms with Gasteiger partial charge in [-0.15, -0.1) is 0 Å². The van der Waals surface area contributed by atoms with Gasteiger partial charge in [0.1, 0.15) is 6.54 Å². The minimum absolute atomic E-state index is 0.0600. The molecule has 110 valence electrons. The number of hydrogen-bond donors (Lipinski definition) is 1. The maximum absolute atomic E-state index is 12.1. The third-order valence-corrected chi connectivity index (χ3v) is 3.51. The van der Waals surface area contributed by atoms with Crippen LogP contribution < -0.4 is 11.0 Å². The molecule has 7 nitrogen and oxygen atoms in total. The van der Waals surface area contributed by atoms with E-state index in [0.29, 0.717) is 23.4 Å². The van der Waals surface area contributed by atoms with Crippen LogP contribution >= 0.6 is 0 Å². The largest absolute Gasteiger partial charge is 0.348 e. The number of anilines is 1. The van der Waals surface area contributed by atoms with Crippen molar-refractivity contribution in [2.75, 3.05) is 5.32 Å². The molecule has 21 heavy (non-hydrogen) atoms. The summed E-state index contributed by atoms with van der Waals surface area (Å²) in [5.74, 6) is 0.257. The highest BCUT2D eigenvalue weighted by Gasteiger charge is 2.26. The predicted molar refractivity (Wildman–Crippen MR) is 77.1 cm³/mol. The van der Waals surface area contributed by atoms with Crippen LogP contribution in [0.5, 0.6) is 0 Å². The number of aryl methyl sites for hydroxylation is 2. The molecule has 0 bridgehead atoms. The molecule has 2 heterocycles. The van der Waals surface area contributed by atoms with Gasteiger partial charge in [0, 0.05) is 29.8 Å². The Kier molecular flexibility index (Phi) is 3.32. The Balaban J connectivity index is 1.75. The summed E-state index contributed by atoms with van der Waals surface area (Å²) in [4.78, 5) is 31.9. The first kappa shape index (κ1) is 13.5. The molecule has 1 aliphatic carbocycles. The minimum atomic E-state index is -0.409. The molecule has 1 saturated carbocycles. The van der Waals surface area contributed by atoms with Crippen molar-refractivity contribution in [2.24, 2.45) is 0 Å². The lowest BCUT2D eigenvalue weighted by Crippen LogP contribution is -2.31. The molecule has 0 atom stereocenters. The first-order valence-corrected chi connectivity index (χ1v) is 6.92. The van der Waals surface area contributed by atoms with Crippen LogP contribution in [0.1, 0.15) is 30.3 Å². The van der Waals surface area contributed by atoms with E-state index in [4.69, 9.17) is 0 Å². The highest BCUT2D eigenvalue weighted by Crippen LogP contribution is 2.36. The van der Waals surface area contributed by atoms with E-state index in [2.05, 4.69) is 15.3 Å². The van der Waals surface area contributed by atoms with Crippen LogP contribution in [0, 0.1) is 13.8 Å². The monoisotopic (exact) mass is 287 g/mol. The third kappa shape index (κ3) is 2.86. The number of carbonyl (C=O) groups is 1. The summed E-state index contributed by atoms with van der Waals surface area (Å²) in [7, 11) is 0. The fourth-order valence-corrected chi connectivity index (χ4v) is 2.33. The van der Waals surface area contributed by atoms with Crippen molar-refractivity contribution in [3.63, 3.8) is 0 Å². The molecule has 1 aliphatic rings. The second-order valence-electron chi connectivity index (χ2n) is 5.35. The molecule has 2 aromatic rings. The first-order chi connectivity index (χ1) is 10.0. The van der Waals surface area contributed by atoms with E-state index in [9.17, 15) is 9.59 Å². The summed E-state index contributed by atoms with van der Waals surface area (Å²) in [5.41, 5.74) is 0.958. The van der Waals surface area contributed by atoms with Gasteiger partial charge in [-0.3, -0.25) is 14.7 Å². The number of nitrogens with one attached hydrogen (secondary N) is 1. The van der Waals surface area contributed by atoms with Gasteiger partial charge in [0.05, 0.1) is 0 Å².